The minimum Gasteiger partial charge on any atom is -0.459 e. The van der Waals surface area contributed by atoms with Crippen molar-refractivity contribution in [3.05, 3.63) is 81.3 Å². The van der Waals surface area contributed by atoms with Crippen molar-refractivity contribution in [1.29, 1.82) is 0 Å². The van der Waals surface area contributed by atoms with E-state index in [1.54, 1.807) is 28.5 Å². The van der Waals surface area contributed by atoms with Gasteiger partial charge in [-0.3, -0.25) is 19.3 Å². The number of ether oxygens (including phenoxy) is 1. The fourth-order valence-electron chi connectivity index (χ4n) is 3.65. The molecule has 0 saturated heterocycles. The van der Waals surface area contributed by atoms with Gasteiger partial charge in [-0.1, -0.05) is 31.2 Å². The molecule has 0 saturated carbocycles. The zero-order chi connectivity index (χ0) is 24.8. The Kier molecular flexibility index (Phi) is 7.67. The van der Waals surface area contributed by atoms with Crippen molar-refractivity contribution >= 4 is 44.9 Å². The molecule has 2 aromatic heterocycles. The molecule has 1 amide bonds. The van der Waals surface area contributed by atoms with E-state index in [9.17, 15) is 14.4 Å². The minimum absolute atomic E-state index is 0.0287. The average molecular weight is 491 g/mol. The van der Waals surface area contributed by atoms with Gasteiger partial charge in [0.05, 0.1) is 22.3 Å². The number of rotatable bonds is 9. The second-order valence-corrected chi connectivity index (χ2v) is 8.88. The summed E-state index contributed by atoms with van der Waals surface area (Å²) in [4.78, 5) is 49.9. The van der Waals surface area contributed by atoms with Crippen molar-refractivity contribution in [2.45, 2.75) is 46.1 Å². The molecule has 0 aliphatic heterocycles. The summed E-state index contributed by atoms with van der Waals surface area (Å²) in [5, 5.41) is 2.85. The van der Waals surface area contributed by atoms with E-state index < -0.39 is 0 Å². The number of aromatic amines is 1. The number of hydrogen-bond donors (Lipinski definition) is 1. The number of thiazole rings is 1. The van der Waals surface area contributed by atoms with Crippen molar-refractivity contribution < 1.29 is 14.3 Å². The molecule has 0 atom stereocenters. The molecule has 9 heteroatoms. The molecular formula is C26H26N4O4S. The van der Waals surface area contributed by atoms with Crippen LogP contribution in [-0.2, 0) is 33.8 Å². The van der Waals surface area contributed by atoms with Crippen LogP contribution in [0.1, 0.15) is 43.8 Å². The zero-order valence-electron chi connectivity index (χ0n) is 19.6. The first-order chi connectivity index (χ1) is 16.9. The van der Waals surface area contributed by atoms with Crippen LogP contribution in [0.5, 0.6) is 0 Å². The lowest BCUT2D eigenvalue weighted by Gasteiger charge is -2.18. The molecule has 0 aliphatic carbocycles. The number of benzene rings is 2. The van der Waals surface area contributed by atoms with Gasteiger partial charge in [0.25, 0.3) is 5.56 Å². The van der Waals surface area contributed by atoms with Gasteiger partial charge in [-0.05, 0) is 42.7 Å². The molecule has 2 heterocycles. The topological polar surface area (TPSA) is 105 Å². The minimum atomic E-state index is -0.360. The fourth-order valence-corrected chi connectivity index (χ4v) is 4.52. The third-order valence-corrected chi connectivity index (χ3v) is 6.36. The average Bonchev–Trinajstić information content (AvgIpc) is 3.31. The maximum atomic E-state index is 12.3. The van der Waals surface area contributed by atoms with Crippen molar-refractivity contribution in [2.24, 2.45) is 0 Å². The van der Waals surface area contributed by atoms with Crippen LogP contribution >= 0.6 is 11.3 Å². The van der Waals surface area contributed by atoms with Gasteiger partial charge in [-0.15, -0.1) is 11.3 Å². The number of carbonyl (C=O) groups excluding carboxylic acids is 2. The summed E-state index contributed by atoms with van der Waals surface area (Å²) in [6.45, 7) is 3.60. The summed E-state index contributed by atoms with van der Waals surface area (Å²) >= 11 is 1.32. The SMILES string of the molecule is CCc1ccc(N(C(C)=O)c2nc(COC(=O)CCCc3nc4ccccc4c(=O)[nH]3)cs2)cc1. The highest BCUT2D eigenvalue weighted by Crippen LogP contribution is 2.29. The number of esters is 1. The Morgan fingerprint density at radius 2 is 1.86 bits per heavy atom. The second kappa shape index (κ2) is 11.1. The molecule has 4 rings (SSSR count). The third-order valence-electron chi connectivity index (χ3n) is 5.49. The number of H-pyrrole nitrogens is 1. The van der Waals surface area contributed by atoms with Gasteiger partial charge >= 0.3 is 5.97 Å². The van der Waals surface area contributed by atoms with Crippen LogP contribution in [0.25, 0.3) is 10.9 Å². The van der Waals surface area contributed by atoms with Crippen molar-refractivity contribution in [3.63, 3.8) is 0 Å². The molecule has 0 aliphatic rings. The molecule has 4 aromatic rings. The first kappa shape index (κ1) is 24.3. The van der Waals surface area contributed by atoms with Crippen LogP contribution in [-0.4, -0.2) is 26.8 Å². The Bertz CT molecular complexity index is 1390. The maximum absolute atomic E-state index is 12.3. The molecule has 0 spiro atoms. The molecule has 0 bridgehead atoms. The number of fused-ring (bicyclic) bond motifs is 1. The predicted molar refractivity (Wildman–Crippen MR) is 136 cm³/mol. The van der Waals surface area contributed by atoms with E-state index in [-0.39, 0.29) is 30.5 Å². The number of aromatic nitrogens is 3. The number of amides is 1. The van der Waals surface area contributed by atoms with Crippen LogP contribution in [0.4, 0.5) is 10.8 Å². The summed E-state index contributed by atoms with van der Waals surface area (Å²) in [5.74, 6) is 0.0377. The number of hydrogen-bond acceptors (Lipinski definition) is 7. The molecule has 2 aromatic carbocycles. The molecule has 1 N–H and O–H groups in total. The first-order valence-electron chi connectivity index (χ1n) is 11.4. The highest BCUT2D eigenvalue weighted by molar-refractivity contribution is 7.14. The molecule has 8 nitrogen and oxygen atoms in total. The van der Waals surface area contributed by atoms with Gasteiger partial charge in [0, 0.05) is 25.1 Å². The van der Waals surface area contributed by atoms with E-state index in [1.807, 2.05) is 30.3 Å². The van der Waals surface area contributed by atoms with Gasteiger partial charge in [-0.25, -0.2) is 9.97 Å². The Morgan fingerprint density at radius 1 is 1.09 bits per heavy atom. The van der Waals surface area contributed by atoms with Crippen molar-refractivity contribution in [1.82, 2.24) is 15.0 Å². The van der Waals surface area contributed by atoms with E-state index >= 15 is 0 Å². The summed E-state index contributed by atoms with van der Waals surface area (Å²) in [6, 6.07) is 14.9. The van der Waals surface area contributed by atoms with Crippen LogP contribution in [0, 0.1) is 0 Å². The van der Waals surface area contributed by atoms with Gasteiger partial charge in [0.1, 0.15) is 12.4 Å². The molecule has 35 heavy (non-hydrogen) atoms. The third kappa shape index (κ3) is 5.99. The maximum Gasteiger partial charge on any atom is 0.306 e. The number of nitrogens with zero attached hydrogens (tertiary/aromatic N) is 3. The highest BCUT2D eigenvalue weighted by atomic mass is 32.1. The van der Waals surface area contributed by atoms with E-state index in [1.165, 1.54) is 23.8 Å². The first-order valence-corrected chi connectivity index (χ1v) is 12.3. The monoisotopic (exact) mass is 490 g/mol. The quantitative estimate of drug-likeness (QED) is 0.341. The van der Waals surface area contributed by atoms with Crippen molar-refractivity contribution in [2.75, 3.05) is 4.90 Å². The molecule has 0 fully saturated rings. The zero-order valence-corrected chi connectivity index (χ0v) is 20.4. The summed E-state index contributed by atoms with van der Waals surface area (Å²) in [6.07, 6.45) is 2.06. The van der Waals surface area contributed by atoms with Crippen LogP contribution in [0.2, 0.25) is 0 Å². The second-order valence-electron chi connectivity index (χ2n) is 8.04. The van der Waals surface area contributed by atoms with Gasteiger partial charge in [0.2, 0.25) is 5.91 Å². The number of carbonyl (C=O) groups is 2. The lowest BCUT2D eigenvalue weighted by molar-refractivity contribution is -0.145. The number of nitrogens with one attached hydrogen (secondary N) is 1. The molecule has 180 valence electrons. The van der Waals surface area contributed by atoms with Crippen molar-refractivity contribution in [3.8, 4) is 0 Å². The molecular weight excluding hydrogens is 464 g/mol. The van der Waals surface area contributed by atoms with Crippen LogP contribution in [0.3, 0.4) is 0 Å². The summed E-state index contributed by atoms with van der Waals surface area (Å²) in [5.41, 5.74) is 2.96. The van der Waals surface area contributed by atoms with E-state index in [0.717, 1.165) is 12.1 Å². The fraction of sp³-hybridized carbons (Fsp3) is 0.269. The lowest BCUT2D eigenvalue weighted by atomic mass is 10.1. The largest absolute Gasteiger partial charge is 0.459 e. The Labute approximate surface area is 206 Å². The molecule has 0 unspecified atom stereocenters. The summed E-state index contributed by atoms with van der Waals surface area (Å²) in [7, 11) is 0. The number of anilines is 2. The standard InChI is InChI=1S/C26H26N4O4S/c1-3-18-11-13-20(14-12-18)30(17(2)31)26-27-19(16-35-26)15-34-24(32)10-6-9-23-28-22-8-5-4-7-21(22)25(33)29-23/h4-5,7-8,11-14,16H,3,6,9-10,15H2,1-2H3,(H,28,29,33). The highest BCUT2D eigenvalue weighted by Gasteiger charge is 2.18. The summed E-state index contributed by atoms with van der Waals surface area (Å²) < 4.78 is 5.36. The lowest BCUT2D eigenvalue weighted by Crippen LogP contribution is -2.22. The number of aryl methyl sites for hydroxylation is 2. The van der Waals surface area contributed by atoms with E-state index in [2.05, 4.69) is 21.9 Å². The Morgan fingerprint density at radius 3 is 2.60 bits per heavy atom. The van der Waals surface area contributed by atoms with E-state index in [0.29, 0.717) is 40.4 Å². The van der Waals surface area contributed by atoms with Crippen LogP contribution in [0.15, 0.2) is 58.7 Å². The number of para-hydroxylation sites is 1. The normalized spacial score (nSPS) is 10.9. The smallest absolute Gasteiger partial charge is 0.306 e. The predicted octanol–water partition coefficient (Wildman–Crippen LogP) is 4.69. The Balaban J connectivity index is 1.30. The van der Waals surface area contributed by atoms with Gasteiger partial charge in [0.15, 0.2) is 5.13 Å². The van der Waals surface area contributed by atoms with Gasteiger partial charge < -0.3 is 9.72 Å². The van der Waals surface area contributed by atoms with Gasteiger partial charge in [-0.2, -0.15) is 0 Å². The van der Waals surface area contributed by atoms with E-state index in [4.69, 9.17) is 4.74 Å². The molecule has 0 radical (unpaired) electrons. The van der Waals surface area contributed by atoms with Crippen LogP contribution < -0.4 is 10.5 Å². The Hall–Kier alpha value is -3.85.